The molecule has 2 aliphatic rings. The quantitative estimate of drug-likeness (QED) is 0.284. The van der Waals surface area contributed by atoms with Gasteiger partial charge in [0, 0.05) is 12.1 Å². The molecule has 2 saturated heterocycles. The summed E-state index contributed by atoms with van der Waals surface area (Å²) >= 11 is 0. The van der Waals surface area contributed by atoms with Crippen LogP contribution in [-0.2, 0) is 14.4 Å². The Morgan fingerprint density at radius 1 is 0.943 bits per heavy atom. The lowest BCUT2D eigenvalue weighted by Gasteiger charge is -2.28. The molecule has 0 radical (unpaired) electrons. The van der Waals surface area contributed by atoms with E-state index in [4.69, 9.17) is 9.57 Å². The predicted molar refractivity (Wildman–Crippen MR) is 128 cm³/mol. The van der Waals surface area contributed by atoms with Crippen LogP contribution in [0.25, 0.3) is 0 Å². The van der Waals surface area contributed by atoms with Gasteiger partial charge in [-0.25, -0.2) is 9.96 Å². The maximum Gasteiger partial charge on any atom is 0.269 e. The summed E-state index contributed by atoms with van der Waals surface area (Å²) in [5.41, 5.74) is 1.48. The van der Waals surface area contributed by atoms with Gasteiger partial charge in [-0.3, -0.25) is 24.5 Å². The minimum atomic E-state index is -1.05. The molecule has 0 aliphatic carbocycles. The van der Waals surface area contributed by atoms with Crippen molar-refractivity contribution in [3.8, 4) is 5.75 Å². The van der Waals surface area contributed by atoms with Crippen LogP contribution in [0.3, 0.4) is 0 Å². The van der Waals surface area contributed by atoms with Gasteiger partial charge in [-0.2, -0.15) is 0 Å². The number of anilines is 2. The number of amides is 2. The predicted octanol–water partition coefficient (Wildman–Crippen LogP) is 4.43. The van der Waals surface area contributed by atoms with E-state index in [0.717, 1.165) is 11.3 Å². The third-order valence-electron chi connectivity index (χ3n) is 6.12. The van der Waals surface area contributed by atoms with E-state index < -0.39 is 34.8 Å². The van der Waals surface area contributed by atoms with Crippen LogP contribution < -0.4 is 14.7 Å². The van der Waals surface area contributed by atoms with E-state index in [0.29, 0.717) is 29.3 Å². The fraction of sp³-hybridized carbons (Fsp3) is 0.231. The molecule has 2 fully saturated rings. The van der Waals surface area contributed by atoms with Gasteiger partial charge in [0.15, 0.2) is 6.10 Å². The maximum atomic E-state index is 13.7. The fourth-order valence-corrected chi connectivity index (χ4v) is 4.54. The van der Waals surface area contributed by atoms with Crippen molar-refractivity contribution in [1.82, 2.24) is 0 Å². The summed E-state index contributed by atoms with van der Waals surface area (Å²) in [4.78, 5) is 45.2. The number of hydroxylamine groups is 1. The lowest BCUT2D eigenvalue weighted by molar-refractivity contribution is -0.384. The van der Waals surface area contributed by atoms with Crippen molar-refractivity contribution < 1.29 is 24.1 Å². The molecule has 2 heterocycles. The first kappa shape index (κ1) is 22.5. The molecule has 3 atom stereocenters. The number of nitro groups is 1. The molecule has 9 nitrogen and oxygen atoms in total. The van der Waals surface area contributed by atoms with E-state index in [9.17, 15) is 19.7 Å². The van der Waals surface area contributed by atoms with Crippen molar-refractivity contribution in [2.75, 3.05) is 16.6 Å². The molecular weight excluding hydrogens is 450 g/mol. The number of carbonyl (C=O) groups excluding carboxylic acids is 2. The van der Waals surface area contributed by atoms with Crippen molar-refractivity contribution in [2.45, 2.75) is 25.5 Å². The van der Waals surface area contributed by atoms with Crippen molar-refractivity contribution >= 4 is 28.9 Å². The normalized spacial score (nSPS) is 21.3. The summed E-state index contributed by atoms with van der Waals surface area (Å²) in [6.07, 6.45) is -0.189. The number of benzene rings is 3. The van der Waals surface area contributed by atoms with Crippen molar-refractivity contribution in [3.05, 3.63) is 94.5 Å². The van der Waals surface area contributed by atoms with Gasteiger partial charge >= 0.3 is 0 Å². The summed E-state index contributed by atoms with van der Waals surface area (Å²) in [6.45, 7) is 2.57. The van der Waals surface area contributed by atoms with Gasteiger partial charge in [0.1, 0.15) is 11.7 Å². The van der Waals surface area contributed by atoms with Crippen molar-refractivity contribution in [3.63, 3.8) is 0 Å². The van der Waals surface area contributed by atoms with Crippen LogP contribution in [0.15, 0.2) is 78.9 Å². The van der Waals surface area contributed by atoms with E-state index in [-0.39, 0.29) is 5.69 Å². The molecule has 3 aromatic rings. The molecule has 0 spiro atoms. The van der Waals surface area contributed by atoms with Crippen LogP contribution in [0.4, 0.5) is 17.1 Å². The first-order chi connectivity index (χ1) is 17.0. The largest absolute Gasteiger partial charge is 0.494 e. The highest BCUT2D eigenvalue weighted by Gasteiger charge is 2.60. The third kappa shape index (κ3) is 4.00. The summed E-state index contributed by atoms with van der Waals surface area (Å²) in [5, 5.41) is 12.9. The molecule has 2 aliphatic heterocycles. The highest BCUT2D eigenvalue weighted by Crippen LogP contribution is 2.48. The monoisotopic (exact) mass is 473 g/mol. The minimum Gasteiger partial charge on any atom is -0.494 e. The van der Waals surface area contributed by atoms with E-state index >= 15 is 0 Å². The van der Waals surface area contributed by atoms with Crippen LogP contribution in [-0.4, -0.2) is 29.4 Å². The Morgan fingerprint density at radius 3 is 2.37 bits per heavy atom. The van der Waals surface area contributed by atoms with Crippen LogP contribution in [0.2, 0.25) is 0 Å². The number of ether oxygens (including phenoxy) is 1. The first-order valence-corrected chi connectivity index (χ1v) is 11.4. The number of fused-ring (bicyclic) bond motifs is 1. The van der Waals surface area contributed by atoms with Gasteiger partial charge in [0.25, 0.3) is 11.6 Å². The molecule has 0 saturated carbocycles. The second-order valence-corrected chi connectivity index (χ2v) is 8.36. The summed E-state index contributed by atoms with van der Waals surface area (Å²) in [6, 6.07) is 21.2. The zero-order valence-electron chi connectivity index (χ0n) is 18.9. The molecule has 0 N–H and O–H groups in total. The van der Waals surface area contributed by atoms with Crippen molar-refractivity contribution in [1.29, 1.82) is 0 Å². The lowest BCUT2D eigenvalue weighted by atomic mass is 9.90. The number of nitrogens with zero attached hydrogens (tertiary/aromatic N) is 3. The van der Waals surface area contributed by atoms with Gasteiger partial charge < -0.3 is 4.74 Å². The molecule has 2 amide bonds. The van der Waals surface area contributed by atoms with E-state index in [1.54, 1.807) is 48.5 Å². The van der Waals surface area contributed by atoms with Gasteiger partial charge in [-0.1, -0.05) is 37.3 Å². The Kier molecular flexibility index (Phi) is 5.92. The number of nitro benzene ring substituents is 1. The number of carbonyl (C=O) groups is 2. The van der Waals surface area contributed by atoms with Crippen LogP contribution >= 0.6 is 0 Å². The number of imide groups is 1. The molecule has 9 heteroatoms. The number of para-hydroxylation sites is 1. The third-order valence-corrected chi connectivity index (χ3v) is 6.12. The smallest absolute Gasteiger partial charge is 0.269 e. The summed E-state index contributed by atoms with van der Waals surface area (Å²) < 4.78 is 5.59. The highest BCUT2D eigenvalue weighted by molar-refractivity contribution is 6.23. The average Bonchev–Trinajstić information content (AvgIpc) is 3.39. The molecule has 178 valence electrons. The molecule has 35 heavy (non-hydrogen) atoms. The number of hydrogen-bond acceptors (Lipinski definition) is 7. The zero-order chi connectivity index (χ0) is 24.5. The van der Waals surface area contributed by atoms with Crippen LogP contribution in [0, 0.1) is 16.0 Å². The Bertz CT molecular complexity index is 1260. The maximum absolute atomic E-state index is 13.7. The summed E-state index contributed by atoms with van der Waals surface area (Å²) in [7, 11) is 0. The lowest BCUT2D eigenvalue weighted by Crippen LogP contribution is -2.37. The molecule has 0 aromatic heterocycles. The molecular formula is C26H23N3O6. The topological polar surface area (TPSA) is 102 Å². The van der Waals surface area contributed by atoms with E-state index in [1.807, 2.05) is 25.1 Å². The summed E-state index contributed by atoms with van der Waals surface area (Å²) in [5.74, 6) is -1.12. The van der Waals surface area contributed by atoms with E-state index in [1.165, 1.54) is 17.2 Å². The molecule has 0 bridgehead atoms. The first-order valence-electron chi connectivity index (χ1n) is 11.4. The zero-order valence-corrected chi connectivity index (χ0v) is 18.9. The second kappa shape index (κ2) is 9.19. The van der Waals surface area contributed by atoms with E-state index in [2.05, 4.69) is 0 Å². The Hall–Kier alpha value is -4.24. The molecule has 5 rings (SSSR count). The van der Waals surface area contributed by atoms with Gasteiger partial charge in [0.2, 0.25) is 5.91 Å². The van der Waals surface area contributed by atoms with Gasteiger partial charge in [0.05, 0.1) is 28.9 Å². The molecule has 3 aromatic carbocycles. The number of rotatable bonds is 7. The van der Waals surface area contributed by atoms with Gasteiger partial charge in [-0.15, -0.1) is 0 Å². The Balaban J connectivity index is 1.52. The Morgan fingerprint density at radius 2 is 1.69 bits per heavy atom. The SMILES string of the molecule is CCCOc1ccc(N2C(=O)[C@@H]3[C@H](ON(c4ccccc4)[C@@H]3c3cccc([N+](=O)[O-])c3)C2=O)cc1. The minimum absolute atomic E-state index is 0.102. The Labute approximate surface area is 201 Å². The second-order valence-electron chi connectivity index (χ2n) is 8.36. The number of hydrogen-bond donors (Lipinski definition) is 0. The van der Waals surface area contributed by atoms with Crippen LogP contribution in [0.5, 0.6) is 5.75 Å². The average molecular weight is 473 g/mol. The fourth-order valence-electron chi connectivity index (χ4n) is 4.54. The standard InChI is InChI=1S/C26H23N3O6/c1-2-15-34-21-13-11-18(12-14-21)27-25(30)22-23(17-7-6-10-20(16-17)29(32)33)28(35-24(22)26(27)31)19-8-4-3-5-9-19/h3-14,16,22-24H,2,15H2,1H3/t22-,23+,24-/m0/s1. The van der Waals surface area contributed by atoms with Gasteiger partial charge in [-0.05, 0) is 48.4 Å². The molecule has 0 unspecified atom stereocenters. The number of non-ortho nitro benzene ring substituents is 1. The van der Waals surface area contributed by atoms with Crippen LogP contribution in [0.1, 0.15) is 24.9 Å². The highest BCUT2D eigenvalue weighted by atomic mass is 16.7. The van der Waals surface area contributed by atoms with Crippen molar-refractivity contribution in [2.24, 2.45) is 5.92 Å².